The van der Waals surface area contributed by atoms with Gasteiger partial charge in [-0.2, -0.15) is 0 Å². The van der Waals surface area contributed by atoms with Crippen molar-refractivity contribution < 1.29 is 4.74 Å². The zero-order chi connectivity index (χ0) is 11.5. The normalized spacial score (nSPS) is 18.9. The summed E-state index contributed by atoms with van der Waals surface area (Å²) in [5.74, 6) is 0.611. The van der Waals surface area contributed by atoms with Crippen LogP contribution in [0, 0.1) is 5.92 Å². The summed E-state index contributed by atoms with van der Waals surface area (Å²) in [6, 6.07) is 6.51. The molecule has 1 aromatic carbocycles. The van der Waals surface area contributed by atoms with Gasteiger partial charge < -0.3 is 4.74 Å². The third-order valence-corrected chi connectivity index (χ3v) is 3.77. The van der Waals surface area contributed by atoms with Gasteiger partial charge in [0.15, 0.2) is 0 Å². The van der Waals surface area contributed by atoms with Gasteiger partial charge in [-0.15, -0.1) is 0 Å². The summed E-state index contributed by atoms with van der Waals surface area (Å²) >= 11 is 3.52. The van der Waals surface area contributed by atoms with Gasteiger partial charge in [0.2, 0.25) is 0 Å². The molecule has 2 heteroatoms. The molecule has 1 nitrogen and oxygen atoms in total. The van der Waals surface area contributed by atoms with E-state index in [9.17, 15) is 0 Å². The molecule has 0 aliphatic heterocycles. The number of hydrogen-bond donors (Lipinski definition) is 0. The number of halogens is 1. The predicted molar refractivity (Wildman–Crippen MR) is 71.5 cm³/mol. The highest BCUT2D eigenvalue weighted by Gasteiger charge is 2.24. The van der Waals surface area contributed by atoms with E-state index >= 15 is 0 Å². The number of hydrogen-bond acceptors (Lipinski definition) is 1. The molecule has 0 amide bonds. The standard InChI is InChI=1S/C14H17BrO/c1-10-11(4-3-7-16-2)8-12-5-6-13(15)9-14(10)12/h5-6,9,11H,1,3-4,7-8H2,2H3. The van der Waals surface area contributed by atoms with Crippen LogP contribution in [-0.4, -0.2) is 13.7 Å². The van der Waals surface area contributed by atoms with Crippen LogP contribution < -0.4 is 0 Å². The Bertz CT molecular complexity index is 398. The summed E-state index contributed by atoms with van der Waals surface area (Å²) in [4.78, 5) is 0. The van der Waals surface area contributed by atoms with Crippen molar-refractivity contribution in [3.63, 3.8) is 0 Å². The minimum Gasteiger partial charge on any atom is -0.385 e. The molecule has 0 radical (unpaired) electrons. The van der Waals surface area contributed by atoms with Crippen LogP contribution in [0.4, 0.5) is 0 Å². The summed E-state index contributed by atoms with van der Waals surface area (Å²) in [6.07, 6.45) is 3.44. The molecular weight excluding hydrogens is 264 g/mol. The van der Waals surface area contributed by atoms with E-state index in [-0.39, 0.29) is 0 Å². The van der Waals surface area contributed by atoms with E-state index in [4.69, 9.17) is 4.74 Å². The second-order valence-electron chi connectivity index (χ2n) is 4.36. The van der Waals surface area contributed by atoms with Crippen molar-refractivity contribution in [3.8, 4) is 0 Å². The third-order valence-electron chi connectivity index (χ3n) is 3.28. The maximum absolute atomic E-state index is 5.10. The Balaban J connectivity index is 2.06. The molecule has 0 fully saturated rings. The number of methoxy groups -OCH3 is 1. The van der Waals surface area contributed by atoms with Gasteiger partial charge in [-0.3, -0.25) is 0 Å². The summed E-state index contributed by atoms with van der Waals surface area (Å²) < 4.78 is 6.24. The monoisotopic (exact) mass is 280 g/mol. The van der Waals surface area contributed by atoms with E-state index < -0.39 is 0 Å². The van der Waals surface area contributed by atoms with Crippen LogP contribution in [0.3, 0.4) is 0 Å². The van der Waals surface area contributed by atoms with Crippen molar-refractivity contribution in [3.05, 3.63) is 40.4 Å². The van der Waals surface area contributed by atoms with Crippen molar-refractivity contribution in [2.45, 2.75) is 19.3 Å². The summed E-state index contributed by atoms with van der Waals surface area (Å²) in [7, 11) is 1.76. The number of fused-ring (bicyclic) bond motifs is 1. The predicted octanol–water partition coefficient (Wildman–Crippen LogP) is 4.06. The van der Waals surface area contributed by atoms with Crippen LogP contribution in [0.2, 0.25) is 0 Å². The first-order valence-corrected chi connectivity index (χ1v) is 6.48. The Hall–Kier alpha value is -0.600. The summed E-state index contributed by atoms with van der Waals surface area (Å²) in [5, 5.41) is 0. The van der Waals surface area contributed by atoms with E-state index in [1.54, 1.807) is 7.11 Å². The minimum absolute atomic E-state index is 0.611. The van der Waals surface area contributed by atoms with Gasteiger partial charge >= 0.3 is 0 Å². The van der Waals surface area contributed by atoms with Crippen LogP contribution in [-0.2, 0) is 11.2 Å². The van der Waals surface area contributed by atoms with Gasteiger partial charge in [0.05, 0.1) is 0 Å². The van der Waals surface area contributed by atoms with Crippen LogP contribution >= 0.6 is 15.9 Å². The van der Waals surface area contributed by atoms with E-state index in [0.717, 1.165) is 23.9 Å². The first-order valence-electron chi connectivity index (χ1n) is 5.69. The van der Waals surface area contributed by atoms with Crippen LogP contribution in [0.1, 0.15) is 24.0 Å². The molecule has 1 aliphatic carbocycles. The second kappa shape index (κ2) is 5.15. The highest BCUT2D eigenvalue weighted by molar-refractivity contribution is 9.10. The maximum atomic E-state index is 5.10. The zero-order valence-electron chi connectivity index (χ0n) is 9.63. The lowest BCUT2D eigenvalue weighted by molar-refractivity contribution is 0.190. The SMILES string of the molecule is C=C1c2cc(Br)ccc2CC1CCCOC. The van der Waals surface area contributed by atoms with E-state index in [1.165, 1.54) is 23.1 Å². The van der Waals surface area contributed by atoms with Gasteiger partial charge in [0.1, 0.15) is 0 Å². The molecule has 0 bridgehead atoms. The van der Waals surface area contributed by atoms with Gasteiger partial charge in [0.25, 0.3) is 0 Å². The van der Waals surface area contributed by atoms with Gasteiger partial charge in [0, 0.05) is 18.2 Å². The molecule has 0 heterocycles. The number of benzene rings is 1. The van der Waals surface area contributed by atoms with E-state index in [0.29, 0.717) is 5.92 Å². The quantitative estimate of drug-likeness (QED) is 0.756. The fraction of sp³-hybridized carbons (Fsp3) is 0.429. The third kappa shape index (κ3) is 2.38. The average Bonchev–Trinajstić information content (AvgIpc) is 2.57. The van der Waals surface area contributed by atoms with Crippen molar-refractivity contribution in [2.24, 2.45) is 5.92 Å². The molecule has 16 heavy (non-hydrogen) atoms. The molecular formula is C14H17BrO. The average molecular weight is 281 g/mol. The summed E-state index contributed by atoms with van der Waals surface area (Å²) in [6.45, 7) is 5.09. The van der Waals surface area contributed by atoms with E-state index in [2.05, 4.69) is 40.7 Å². The lowest BCUT2D eigenvalue weighted by Gasteiger charge is -2.10. The summed E-state index contributed by atoms with van der Waals surface area (Å²) in [5.41, 5.74) is 4.08. The highest BCUT2D eigenvalue weighted by Crippen LogP contribution is 2.39. The zero-order valence-corrected chi connectivity index (χ0v) is 11.2. The van der Waals surface area contributed by atoms with Crippen LogP contribution in [0.15, 0.2) is 29.3 Å². The number of ether oxygens (including phenoxy) is 1. The molecule has 1 atom stereocenters. The lowest BCUT2D eigenvalue weighted by atomic mass is 9.96. The molecule has 1 aliphatic rings. The minimum atomic E-state index is 0.611. The number of allylic oxidation sites excluding steroid dienone is 1. The molecule has 0 saturated heterocycles. The smallest absolute Gasteiger partial charge is 0.0462 e. The van der Waals surface area contributed by atoms with Gasteiger partial charge in [-0.1, -0.05) is 28.6 Å². The fourth-order valence-electron chi connectivity index (χ4n) is 2.38. The Labute approximate surface area is 106 Å². The second-order valence-corrected chi connectivity index (χ2v) is 5.28. The van der Waals surface area contributed by atoms with E-state index in [1.807, 2.05) is 0 Å². The molecule has 2 rings (SSSR count). The molecule has 0 saturated carbocycles. The first-order chi connectivity index (χ1) is 7.72. The van der Waals surface area contributed by atoms with Gasteiger partial charge in [-0.05, 0) is 54.0 Å². The maximum Gasteiger partial charge on any atom is 0.0462 e. The van der Waals surface area contributed by atoms with Crippen molar-refractivity contribution in [1.29, 1.82) is 0 Å². The van der Waals surface area contributed by atoms with Crippen molar-refractivity contribution >= 4 is 21.5 Å². The molecule has 0 aromatic heterocycles. The lowest BCUT2D eigenvalue weighted by Crippen LogP contribution is -2.00. The van der Waals surface area contributed by atoms with Crippen molar-refractivity contribution in [2.75, 3.05) is 13.7 Å². The van der Waals surface area contributed by atoms with Crippen molar-refractivity contribution in [1.82, 2.24) is 0 Å². The molecule has 0 N–H and O–H groups in total. The Morgan fingerprint density at radius 1 is 1.50 bits per heavy atom. The van der Waals surface area contributed by atoms with Crippen LogP contribution in [0.5, 0.6) is 0 Å². The Kier molecular flexibility index (Phi) is 3.82. The highest BCUT2D eigenvalue weighted by atomic mass is 79.9. The molecule has 1 unspecified atom stereocenters. The Morgan fingerprint density at radius 2 is 2.31 bits per heavy atom. The topological polar surface area (TPSA) is 9.23 Å². The first kappa shape index (κ1) is 11.9. The largest absolute Gasteiger partial charge is 0.385 e. The molecule has 1 aromatic rings. The molecule has 86 valence electrons. The fourth-order valence-corrected chi connectivity index (χ4v) is 2.75. The van der Waals surface area contributed by atoms with Crippen LogP contribution in [0.25, 0.3) is 5.57 Å². The van der Waals surface area contributed by atoms with Gasteiger partial charge in [-0.25, -0.2) is 0 Å². The Morgan fingerprint density at radius 3 is 3.06 bits per heavy atom. The number of rotatable bonds is 4. The molecule has 0 spiro atoms.